The summed E-state index contributed by atoms with van der Waals surface area (Å²) in [6.07, 6.45) is 3.23. The van der Waals surface area contributed by atoms with Gasteiger partial charge >= 0.3 is 0 Å². The highest BCUT2D eigenvalue weighted by atomic mass is 16.5. The molecule has 2 aliphatic rings. The first kappa shape index (κ1) is 15.7. The van der Waals surface area contributed by atoms with Gasteiger partial charge in [0.25, 0.3) is 0 Å². The Bertz CT molecular complexity index is 333. The number of nitrogens with one attached hydrogen (secondary N) is 1. The molecule has 2 fully saturated rings. The summed E-state index contributed by atoms with van der Waals surface area (Å²) in [7, 11) is 0. The zero-order chi connectivity index (χ0) is 14.6. The lowest BCUT2D eigenvalue weighted by Gasteiger charge is -2.42. The van der Waals surface area contributed by atoms with Crippen molar-refractivity contribution >= 4 is 5.91 Å². The Morgan fingerprint density at radius 1 is 1.45 bits per heavy atom. The van der Waals surface area contributed by atoms with Gasteiger partial charge < -0.3 is 15.8 Å². The summed E-state index contributed by atoms with van der Waals surface area (Å²) in [5.74, 6) is 0.719. The van der Waals surface area contributed by atoms with E-state index in [1.807, 2.05) is 0 Å². The van der Waals surface area contributed by atoms with Crippen molar-refractivity contribution in [2.75, 3.05) is 39.4 Å². The maximum Gasteiger partial charge on any atom is 0.223 e. The van der Waals surface area contributed by atoms with E-state index in [1.165, 1.54) is 0 Å². The smallest absolute Gasteiger partial charge is 0.223 e. The summed E-state index contributed by atoms with van der Waals surface area (Å²) < 4.78 is 5.51. The maximum absolute atomic E-state index is 12.2. The highest BCUT2D eigenvalue weighted by Crippen LogP contribution is 2.30. The van der Waals surface area contributed by atoms with E-state index in [-0.39, 0.29) is 17.4 Å². The molecule has 1 amide bonds. The number of hydrogen-bond acceptors (Lipinski definition) is 4. The molecule has 0 unspecified atom stereocenters. The van der Waals surface area contributed by atoms with Crippen molar-refractivity contribution in [3.05, 3.63) is 0 Å². The van der Waals surface area contributed by atoms with Crippen LogP contribution in [0.15, 0.2) is 0 Å². The molecule has 2 atom stereocenters. The Hall–Kier alpha value is -0.650. The molecule has 3 N–H and O–H groups in total. The number of hydrogen-bond donors (Lipinski definition) is 2. The fraction of sp³-hybridized carbons (Fsp3) is 0.933. The molecule has 1 aliphatic carbocycles. The van der Waals surface area contributed by atoms with Gasteiger partial charge in [0.2, 0.25) is 5.91 Å². The Morgan fingerprint density at radius 2 is 2.25 bits per heavy atom. The molecule has 5 heteroatoms. The van der Waals surface area contributed by atoms with Gasteiger partial charge in [-0.25, -0.2) is 0 Å². The Morgan fingerprint density at radius 3 is 2.95 bits per heavy atom. The minimum absolute atomic E-state index is 0.0656. The van der Waals surface area contributed by atoms with E-state index < -0.39 is 0 Å². The van der Waals surface area contributed by atoms with Crippen LogP contribution in [0.3, 0.4) is 0 Å². The number of ether oxygens (including phenoxy) is 1. The molecule has 0 aromatic heterocycles. The third-order valence-corrected chi connectivity index (χ3v) is 4.80. The standard InChI is InChI=1S/C15H29N3O2/c1-15(2)11-20-9-8-18(15)7-6-17-14(19)13-5-3-4-12(13)10-16/h12-13H,3-11,16H2,1-2H3,(H,17,19)/t12-,13-/m1/s1. The molecule has 0 bridgehead atoms. The van der Waals surface area contributed by atoms with Crippen molar-refractivity contribution in [1.29, 1.82) is 0 Å². The molecule has 1 aliphatic heterocycles. The van der Waals surface area contributed by atoms with Crippen molar-refractivity contribution in [3.8, 4) is 0 Å². The van der Waals surface area contributed by atoms with Gasteiger partial charge in [0.1, 0.15) is 0 Å². The van der Waals surface area contributed by atoms with Gasteiger partial charge in [-0.3, -0.25) is 9.69 Å². The second-order valence-electron chi connectivity index (χ2n) is 6.68. The molecule has 0 aromatic rings. The lowest BCUT2D eigenvalue weighted by Crippen LogP contribution is -2.55. The number of carbonyl (C=O) groups is 1. The second-order valence-corrected chi connectivity index (χ2v) is 6.68. The van der Waals surface area contributed by atoms with Gasteiger partial charge in [-0.15, -0.1) is 0 Å². The van der Waals surface area contributed by atoms with Crippen LogP contribution in [-0.2, 0) is 9.53 Å². The monoisotopic (exact) mass is 283 g/mol. The summed E-state index contributed by atoms with van der Waals surface area (Å²) in [4.78, 5) is 14.6. The SMILES string of the molecule is CC1(C)COCCN1CCNC(=O)[C@@H]1CCC[C@@H]1CN. The first-order valence-electron chi connectivity index (χ1n) is 7.85. The van der Waals surface area contributed by atoms with Crippen molar-refractivity contribution in [1.82, 2.24) is 10.2 Å². The highest BCUT2D eigenvalue weighted by molar-refractivity contribution is 5.79. The Labute approximate surface area is 122 Å². The summed E-state index contributed by atoms with van der Waals surface area (Å²) in [5, 5.41) is 3.10. The molecular weight excluding hydrogens is 254 g/mol. The van der Waals surface area contributed by atoms with Gasteiger partial charge in [-0.1, -0.05) is 6.42 Å². The van der Waals surface area contributed by atoms with Crippen LogP contribution < -0.4 is 11.1 Å². The number of nitrogens with two attached hydrogens (primary N) is 1. The van der Waals surface area contributed by atoms with E-state index in [2.05, 4.69) is 24.1 Å². The van der Waals surface area contributed by atoms with E-state index >= 15 is 0 Å². The van der Waals surface area contributed by atoms with Crippen LogP contribution in [0.1, 0.15) is 33.1 Å². The zero-order valence-electron chi connectivity index (χ0n) is 12.9. The number of amides is 1. The molecule has 5 nitrogen and oxygen atoms in total. The highest BCUT2D eigenvalue weighted by Gasteiger charge is 2.33. The molecule has 0 radical (unpaired) electrons. The number of morpholine rings is 1. The molecule has 1 heterocycles. The first-order chi connectivity index (χ1) is 9.54. The minimum atomic E-state index is 0.0656. The summed E-state index contributed by atoms with van der Waals surface area (Å²) in [5.41, 5.74) is 5.81. The summed E-state index contributed by atoms with van der Waals surface area (Å²) in [6, 6.07) is 0. The summed E-state index contributed by atoms with van der Waals surface area (Å²) in [6.45, 7) is 9.11. The van der Waals surface area contributed by atoms with Gasteiger partial charge in [0.05, 0.1) is 13.2 Å². The van der Waals surface area contributed by atoms with Gasteiger partial charge in [-0.05, 0) is 39.2 Å². The molecule has 0 aromatic carbocycles. The van der Waals surface area contributed by atoms with Crippen LogP contribution in [-0.4, -0.2) is 55.7 Å². The van der Waals surface area contributed by atoms with Crippen LogP contribution in [0.5, 0.6) is 0 Å². The minimum Gasteiger partial charge on any atom is -0.378 e. The molecule has 1 saturated carbocycles. The molecule has 0 spiro atoms. The van der Waals surface area contributed by atoms with Crippen molar-refractivity contribution in [3.63, 3.8) is 0 Å². The van der Waals surface area contributed by atoms with E-state index in [0.29, 0.717) is 12.5 Å². The fourth-order valence-corrected chi connectivity index (χ4v) is 3.41. The predicted molar refractivity (Wildman–Crippen MR) is 79.4 cm³/mol. The number of nitrogens with zero attached hydrogens (tertiary/aromatic N) is 1. The molecule has 1 saturated heterocycles. The van der Waals surface area contributed by atoms with Crippen LogP contribution >= 0.6 is 0 Å². The molecule has 2 rings (SSSR count). The average Bonchev–Trinajstić information content (AvgIpc) is 2.88. The predicted octanol–water partition coefficient (Wildman–Crippen LogP) is 0.588. The van der Waals surface area contributed by atoms with E-state index in [4.69, 9.17) is 10.5 Å². The Kier molecular flexibility index (Phi) is 5.41. The van der Waals surface area contributed by atoms with E-state index in [0.717, 1.165) is 52.1 Å². The lowest BCUT2D eigenvalue weighted by atomic mass is 9.95. The third-order valence-electron chi connectivity index (χ3n) is 4.80. The van der Waals surface area contributed by atoms with Crippen LogP contribution in [0.2, 0.25) is 0 Å². The quantitative estimate of drug-likeness (QED) is 0.775. The van der Waals surface area contributed by atoms with Gasteiger partial charge in [0.15, 0.2) is 0 Å². The molecule has 20 heavy (non-hydrogen) atoms. The Balaban J connectivity index is 1.73. The van der Waals surface area contributed by atoms with Gasteiger partial charge in [-0.2, -0.15) is 0 Å². The van der Waals surface area contributed by atoms with Crippen LogP contribution in [0, 0.1) is 11.8 Å². The molecule has 116 valence electrons. The topological polar surface area (TPSA) is 67.6 Å². The lowest BCUT2D eigenvalue weighted by molar-refractivity contribution is -0.126. The third kappa shape index (κ3) is 3.71. The van der Waals surface area contributed by atoms with Crippen molar-refractivity contribution in [2.24, 2.45) is 17.6 Å². The van der Waals surface area contributed by atoms with E-state index in [1.54, 1.807) is 0 Å². The van der Waals surface area contributed by atoms with Crippen LogP contribution in [0.4, 0.5) is 0 Å². The van der Waals surface area contributed by atoms with Gasteiger partial charge in [0, 0.05) is 31.1 Å². The average molecular weight is 283 g/mol. The molecular formula is C15H29N3O2. The van der Waals surface area contributed by atoms with Crippen LogP contribution in [0.25, 0.3) is 0 Å². The number of rotatable bonds is 5. The second kappa shape index (κ2) is 6.87. The zero-order valence-corrected chi connectivity index (χ0v) is 12.9. The van der Waals surface area contributed by atoms with E-state index in [9.17, 15) is 4.79 Å². The fourth-order valence-electron chi connectivity index (χ4n) is 3.41. The van der Waals surface area contributed by atoms with Crippen molar-refractivity contribution < 1.29 is 9.53 Å². The summed E-state index contributed by atoms with van der Waals surface area (Å²) >= 11 is 0. The maximum atomic E-state index is 12.2. The normalized spacial score (nSPS) is 30.4. The number of carbonyl (C=O) groups excluding carboxylic acids is 1. The largest absolute Gasteiger partial charge is 0.378 e. The first-order valence-corrected chi connectivity index (χ1v) is 7.85. The van der Waals surface area contributed by atoms with Crippen molar-refractivity contribution in [2.45, 2.75) is 38.6 Å².